The number of anilines is 2. The first-order chi connectivity index (χ1) is 11.5. The van der Waals surface area contributed by atoms with Gasteiger partial charge >= 0.3 is 0 Å². The van der Waals surface area contributed by atoms with Crippen LogP contribution in [-0.2, 0) is 0 Å². The molecule has 5 heteroatoms. The minimum Gasteiger partial charge on any atom is -0.354 e. The van der Waals surface area contributed by atoms with Crippen molar-refractivity contribution < 1.29 is 4.79 Å². The first-order valence-corrected chi connectivity index (χ1v) is 8.70. The molecule has 1 N–H and O–H groups in total. The molecule has 0 atom stereocenters. The van der Waals surface area contributed by atoms with Crippen molar-refractivity contribution in [3.63, 3.8) is 0 Å². The minimum atomic E-state index is 0.0256. The molecular formula is C19H24ClN3O. The summed E-state index contributed by atoms with van der Waals surface area (Å²) >= 11 is 6.06. The van der Waals surface area contributed by atoms with Gasteiger partial charge in [0, 0.05) is 30.0 Å². The van der Waals surface area contributed by atoms with E-state index in [9.17, 15) is 4.79 Å². The zero-order chi connectivity index (χ0) is 17.5. The summed E-state index contributed by atoms with van der Waals surface area (Å²) in [7, 11) is 0. The van der Waals surface area contributed by atoms with E-state index in [-0.39, 0.29) is 5.91 Å². The van der Waals surface area contributed by atoms with Gasteiger partial charge in [-0.3, -0.25) is 9.78 Å². The molecule has 0 bridgehead atoms. The Morgan fingerprint density at radius 1 is 1.17 bits per heavy atom. The number of hydrogen-bond donors (Lipinski definition) is 1. The third kappa shape index (κ3) is 4.71. The van der Waals surface area contributed by atoms with Gasteiger partial charge in [-0.25, -0.2) is 0 Å². The Balaban J connectivity index is 2.21. The number of nitrogens with zero attached hydrogens (tertiary/aromatic N) is 2. The number of benzene rings is 1. The van der Waals surface area contributed by atoms with E-state index < -0.39 is 0 Å². The van der Waals surface area contributed by atoms with E-state index in [1.165, 1.54) is 0 Å². The van der Waals surface area contributed by atoms with Crippen LogP contribution in [0.25, 0.3) is 0 Å². The molecule has 0 saturated carbocycles. The van der Waals surface area contributed by atoms with Gasteiger partial charge in [0.2, 0.25) is 0 Å². The van der Waals surface area contributed by atoms with Crippen molar-refractivity contribution in [3.8, 4) is 0 Å². The minimum absolute atomic E-state index is 0.0256. The lowest BCUT2D eigenvalue weighted by atomic mass is 10.2. The zero-order valence-electron chi connectivity index (χ0n) is 14.5. The van der Waals surface area contributed by atoms with Crippen LogP contribution in [0, 0.1) is 6.92 Å². The number of halogens is 1. The number of aromatic nitrogens is 1. The molecule has 0 aliphatic carbocycles. The van der Waals surface area contributed by atoms with E-state index >= 15 is 0 Å². The summed E-state index contributed by atoms with van der Waals surface area (Å²) in [5.41, 5.74) is 3.36. The van der Waals surface area contributed by atoms with Crippen LogP contribution in [0.4, 0.5) is 11.4 Å². The van der Waals surface area contributed by atoms with Gasteiger partial charge < -0.3 is 10.2 Å². The van der Waals surface area contributed by atoms with Crippen LogP contribution in [0.2, 0.25) is 5.02 Å². The van der Waals surface area contributed by atoms with E-state index in [4.69, 9.17) is 11.6 Å². The van der Waals surface area contributed by atoms with Crippen molar-refractivity contribution >= 4 is 28.9 Å². The molecule has 2 aromatic rings. The second-order valence-electron chi connectivity index (χ2n) is 5.84. The topological polar surface area (TPSA) is 45.2 Å². The normalized spacial score (nSPS) is 10.5. The van der Waals surface area contributed by atoms with E-state index in [0.29, 0.717) is 10.6 Å². The van der Waals surface area contributed by atoms with Crippen molar-refractivity contribution in [2.75, 3.05) is 18.4 Å². The van der Waals surface area contributed by atoms with Crippen LogP contribution in [0.15, 0.2) is 36.7 Å². The molecule has 0 saturated heterocycles. The van der Waals surface area contributed by atoms with E-state index in [1.54, 1.807) is 12.4 Å². The highest BCUT2D eigenvalue weighted by Crippen LogP contribution is 2.24. The highest BCUT2D eigenvalue weighted by Gasteiger charge is 2.15. The van der Waals surface area contributed by atoms with Crippen LogP contribution in [-0.4, -0.2) is 28.9 Å². The summed E-state index contributed by atoms with van der Waals surface area (Å²) in [5.74, 6) is 0.0256. The van der Waals surface area contributed by atoms with Gasteiger partial charge in [0.25, 0.3) is 5.91 Å². The fourth-order valence-electron chi connectivity index (χ4n) is 2.55. The number of nitrogens with one attached hydrogen (secondary N) is 1. The lowest BCUT2D eigenvalue weighted by Crippen LogP contribution is -2.32. The number of carbonyl (C=O) groups excluding carboxylic acids is 1. The monoisotopic (exact) mass is 345 g/mol. The maximum Gasteiger partial charge on any atom is 0.255 e. The lowest BCUT2D eigenvalue weighted by molar-refractivity contribution is 0.0755. The van der Waals surface area contributed by atoms with Gasteiger partial charge in [0.1, 0.15) is 0 Å². The molecule has 128 valence electrons. The first kappa shape index (κ1) is 18.3. The third-order valence-corrected chi connectivity index (χ3v) is 3.97. The zero-order valence-corrected chi connectivity index (χ0v) is 15.2. The van der Waals surface area contributed by atoms with Gasteiger partial charge in [-0.1, -0.05) is 31.5 Å². The number of hydrogen-bond acceptors (Lipinski definition) is 3. The second kappa shape index (κ2) is 8.69. The van der Waals surface area contributed by atoms with Gasteiger partial charge in [0.05, 0.1) is 17.4 Å². The van der Waals surface area contributed by atoms with Crippen LogP contribution in [0.5, 0.6) is 0 Å². The molecule has 24 heavy (non-hydrogen) atoms. The maximum absolute atomic E-state index is 12.7. The molecule has 1 amide bonds. The Labute approximate surface area is 148 Å². The summed E-state index contributed by atoms with van der Waals surface area (Å²) in [6.45, 7) is 7.68. The number of pyridine rings is 1. The molecule has 1 aromatic carbocycles. The summed E-state index contributed by atoms with van der Waals surface area (Å²) in [6.07, 6.45) is 5.22. The lowest BCUT2D eigenvalue weighted by Gasteiger charge is -2.21. The fourth-order valence-corrected chi connectivity index (χ4v) is 2.72. The third-order valence-electron chi connectivity index (χ3n) is 3.74. The predicted octanol–water partition coefficient (Wildman–Crippen LogP) is 5.05. The van der Waals surface area contributed by atoms with Crippen molar-refractivity contribution in [1.29, 1.82) is 0 Å². The van der Waals surface area contributed by atoms with Crippen molar-refractivity contribution in [1.82, 2.24) is 9.88 Å². The Morgan fingerprint density at radius 2 is 1.88 bits per heavy atom. The van der Waals surface area contributed by atoms with Gasteiger partial charge in [0.15, 0.2) is 0 Å². The first-order valence-electron chi connectivity index (χ1n) is 8.32. The smallest absolute Gasteiger partial charge is 0.255 e. The highest BCUT2D eigenvalue weighted by molar-refractivity contribution is 6.30. The average Bonchev–Trinajstić information content (AvgIpc) is 2.57. The number of aryl methyl sites for hydroxylation is 1. The quantitative estimate of drug-likeness (QED) is 0.763. The summed E-state index contributed by atoms with van der Waals surface area (Å²) in [6, 6.07) is 7.52. The number of rotatable bonds is 7. The van der Waals surface area contributed by atoms with Crippen molar-refractivity contribution in [2.24, 2.45) is 0 Å². The molecule has 0 fully saturated rings. The molecule has 0 spiro atoms. The summed E-state index contributed by atoms with van der Waals surface area (Å²) < 4.78 is 0. The Morgan fingerprint density at radius 3 is 2.54 bits per heavy atom. The van der Waals surface area contributed by atoms with Gasteiger partial charge in [-0.15, -0.1) is 0 Å². The van der Waals surface area contributed by atoms with Crippen molar-refractivity contribution in [2.45, 2.75) is 33.6 Å². The molecule has 1 aromatic heterocycles. The Kier molecular flexibility index (Phi) is 6.62. The average molecular weight is 346 g/mol. The number of carbonyl (C=O) groups is 1. The molecule has 0 aliphatic heterocycles. The molecular weight excluding hydrogens is 322 g/mol. The van der Waals surface area contributed by atoms with E-state index in [1.807, 2.05) is 36.1 Å². The molecule has 0 unspecified atom stereocenters. The van der Waals surface area contributed by atoms with Crippen LogP contribution < -0.4 is 5.32 Å². The SMILES string of the molecule is CCCN(CCC)C(=O)c1cncc(Nc2cc(Cl)ccc2C)c1. The summed E-state index contributed by atoms with van der Waals surface area (Å²) in [5, 5.41) is 3.96. The summed E-state index contributed by atoms with van der Waals surface area (Å²) in [4.78, 5) is 18.8. The fraction of sp³-hybridized carbons (Fsp3) is 0.368. The molecule has 2 rings (SSSR count). The van der Waals surface area contributed by atoms with Gasteiger partial charge in [-0.2, -0.15) is 0 Å². The molecule has 4 nitrogen and oxygen atoms in total. The Bertz CT molecular complexity index is 697. The van der Waals surface area contributed by atoms with Crippen LogP contribution in [0.3, 0.4) is 0 Å². The van der Waals surface area contributed by atoms with E-state index in [2.05, 4.69) is 24.1 Å². The van der Waals surface area contributed by atoms with Crippen LogP contribution >= 0.6 is 11.6 Å². The van der Waals surface area contributed by atoms with Crippen LogP contribution in [0.1, 0.15) is 42.6 Å². The van der Waals surface area contributed by atoms with Gasteiger partial charge in [-0.05, 0) is 43.5 Å². The highest BCUT2D eigenvalue weighted by atomic mass is 35.5. The number of amides is 1. The molecule has 0 radical (unpaired) electrons. The molecule has 1 heterocycles. The largest absolute Gasteiger partial charge is 0.354 e. The maximum atomic E-state index is 12.7. The predicted molar refractivity (Wildman–Crippen MR) is 100 cm³/mol. The molecule has 0 aliphatic rings. The Hall–Kier alpha value is -2.07. The standard InChI is InChI=1S/C19H24ClN3O/c1-4-8-23(9-5-2)19(24)15-10-17(13-21-12-15)22-18-11-16(20)7-6-14(18)3/h6-7,10-13,22H,4-5,8-9H2,1-3H3. The second-order valence-corrected chi connectivity index (χ2v) is 6.28. The van der Waals surface area contributed by atoms with Crippen molar-refractivity contribution in [3.05, 3.63) is 52.8 Å². The van der Waals surface area contributed by atoms with E-state index in [0.717, 1.165) is 42.9 Å².